The normalized spacial score (nSPS) is 10.8. The van der Waals surface area contributed by atoms with Gasteiger partial charge in [-0.15, -0.1) is 0 Å². The summed E-state index contributed by atoms with van der Waals surface area (Å²) < 4.78 is 0.894. The van der Waals surface area contributed by atoms with Gasteiger partial charge in [0.15, 0.2) is 0 Å². The van der Waals surface area contributed by atoms with E-state index >= 15 is 0 Å². The molecule has 138 valence electrons. The molecule has 0 atom stereocenters. The van der Waals surface area contributed by atoms with Crippen LogP contribution in [0.4, 0.5) is 5.69 Å². The highest BCUT2D eigenvalue weighted by Gasteiger charge is 2.19. The van der Waals surface area contributed by atoms with Crippen LogP contribution in [0.25, 0.3) is 22.2 Å². The van der Waals surface area contributed by atoms with Crippen molar-refractivity contribution < 1.29 is 4.79 Å². The van der Waals surface area contributed by atoms with Crippen LogP contribution < -0.4 is 5.32 Å². The number of rotatable bonds is 3. The van der Waals surface area contributed by atoms with E-state index in [1.807, 2.05) is 61.5 Å². The SMILES string of the molecule is Cc1c(-c2ccccc2)nc2ccc(Br)cc2c1C(=O)Nc1cccc(Cl)c1. The topological polar surface area (TPSA) is 42.0 Å². The van der Waals surface area contributed by atoms with Crippen LogP contribution in [-0.2, 0) is 0 Å². The summed E-state index contributed by atoms with van der Waals surface area (Å²) in [6.45, 7) is 1.93. The van der Waals surface area contributed by atoms with Gasteiger partial charge < -0.3 is 5.32 Å². The number of nitrogens with zero attached hydrogens (tertiary/aromatic N) is 1. The van der Waals surface area contributed by atoms with E-state index in [-0.39, 0.29) is 5.91 Å². The maximum absolute atomic E-state index is 13.3. The molecule has 0 spiro atoms. The first-order valence-electron chi connectivity index (χ1n) is 8.75. The Morgan fingerprint density at radius 3 is 2.54 bits per heavy atom. The molecular formula is C23H16BrClN2O. The minimum absolute atomic E-state index is 0.192. The lowest BCUT2D eigenvalue weighted by atomic mass is 9.97. The third-order valence-electron chi connectivity index (χ3n) is 4.55. The van der Waals surface area contributed by atoms with E-state index in [0.717, 1.165) is 32.2 Å². The molecule has 1 aromatic heterocycles. The minimum Gasteiger partial charge on any atom is -0.322 e. The van der Waals surface area contributed by atoms with E-state index < -0.39 is 0 Å². The van der Waals surface area contributed by atoms with Gasteiger partial charge in [0.05, 0.1) is 16.8 Å². The molecule has 0 aliphatic heterocycles. The predicted octanol–water partition coefficient (Wildman–Crippen LogP) is 6.88. The Morgan fingerprint density at radius 1 is 1.00 bits per heavy atom. The lowest BCUT2D eigenvalue weighted by Gasteiger charge is -2.15. The summed E-state index contributed by atoms with van der Waals surface area (Å²) in [7, 11) is 0. The second-order valence-corrected chi connectivity index (χ2v) is 7.80. The lowest BCUT2D eigenvalue weighted by Crippen LogP contribution is -2.15. The van der Waals surface area contributed by atoms with Gasteiger partial charge in [0.25, 0.3) is 5.91 Å². The van der Waals surface area contributed by atoms with Crippen LogP contribution >= 0.6 is 27.5 Å². The number of benzene rings is 3. The zero-order chi connectivity index (χ0) is 19.7. The van der Waals surface area contributed by atoms with Crippen LogP contribution in [0, 0.1) is 6.92 Å². The molecule has 0 radical (unpaired) electrons. The number of fused-ring (bicyclic) bond motifs is 1. The first-order valence-corrected chi connectivity index (χ1v) is 9.92. The van der Waals surface area contributed by atoms with E-state index in [4.69, 9.17) is 16.6 Å². The molecule has 3 aromatic carbocycles. The molecule has 0 aliphatic carbocycles. The van der Waals surface area contributed by atoms with Crippen molar-refractivity contribution in [1.82, 2.24) is 4.98 Å². The van der Waals surface area contributed by atoms with Crippen molar-refractivity contribution in [2.24, 2.45) is 0 Å². The molecule has 28 heavy (non-hydrogen) atoms. The number of anilines is 1. The van der Waals surface area contributed by atoms with E-state index in [1.165, 1.54) is 0 Å². The van der Waals surface area contributed by atoms with Gasteiger partial charge in [-0.25, -0.2) is 4.98 Å². The highest BCUT2D eigenvalue weighted by molar-refractivity contribution is 9.10. The monoisotopic (exact) mass is 450 g/mol. The van der Waals surface area contributed by atoms with E-state index in [1.54, 1.807) is 18.2 Å². The number of hydrogen-bond donors (Lipinski definition) is 1. The average molecular weight is 452 g/mol. The van der Waals surface area contributed by atoms with Crippen molar-refractivity contribution in [2.45, 2.75) is 6.92 Å². The smallest absolute Gasteiger partial charge is 0.256 e. The Morgan fingerprint density at radius 2 is 1.79 bits per heavy atom. The number of nitrogens with one attached hydrogen (secondary N) is 1. The molecule has 3 nitrogen and oxygen atoms in total. The number of pyridine rings is 1. The Balaban J connectivity index is 1.91. The fourth-order valence-electron chi connectivity index (χ4n) is 3.26. The van der Waals surface area contributed by atoms with Gasteiger partial charge in [-0.2, -0.15) is 0 Å². The van der Waals surface area contributed by atoms with Crippen molar-refractivity contribution in [2.75, 3.05) is 5.32 Å². The Bertz CT molecular complexity index is 1190. The highest BCUT2D eigenvalue weighted by atomic mass is 79.9. The molecule has 1 heterocycles. The van der Waals surface area contributed by atoms with Crippen LogP contribution in [0.2, 0.25) is 5.02 Å². The third kappa shape index (κ3) is 3.66. The predicted molar refractivity (Wildman–Crippen MR) is 119 cm³/mol. The standard InChI is InChI=1S/C23H16BrClN2O/c1-14-21(23(28)26-18-9-5-8-17(25)13-18)19-12-16(24)10-11-20(19)27-22(14)15-6-3-2-4-7-15/h2-13H,1H3,(H,26,28). The van der Waals surface area contributed by atoms with Crippen LogP contribution in [0.1, 0.15) is 15.9 Å². The molecular weight excluding hydrogens is 436 g/mol. The van der Waals surface area contributed by atoms with Gasteiger partial charge >= 0.3 is 0 Å². The van der Waals surface area contributed by atoms with Gasteiger partial charge in [0.2, 0.25) is 0 Å². The van der Waals surface area contributed by atoms with Crippen LogP contribution in [0.15, 0.2) is 77.3 Å². The molecule has 1 amide bonds. The summed E-state index contributed by atoms with van der Waals surface area (Å²) >= 11 is 9.56. The Labute approximate surface area is 176 Å². The first kappa shape index (κ1) is 18.7. The lowest BCUT2D eigenvalue weighted by molar-refractivity contribution is 0.102. The number of hydrogen-bond acceptors (Lipinski definition) is 2. The molecule has 5 heteroatoms. The quantitative estimate of drug-likeness (QED) is 0.369. The van der Waals surface area contributed by atoms with Gasteiger partial charge in [0, 0.05) is 26.1 Å². The number of aromatic nitrogens is 1. The van der Waals surface area contributed by atoms with Crippen LogP contribution in [-0.4, -0.2) is 10.9 Å². The average Bonchev–Trinajstić information content (AvgIpc) is 2.68. The van der Waals surface area contributed by atoms with Gasteiger partial charge in [-0.05, 0) is 48.9 Å². The molecule has 4 aromatic rings. The van der Waals surface area contributed by atoms with Crippen LogP contribution in [0.3, 0.4) is 0 Å². The van der Waals surface area contributed by atoms with Gasteiger partial charge in [-0.3, -0.25) is 4.79 Å². The van der Waals surface area contributed by atoms with Gasteiger partial charge in [0.1, 0.15) is 0 Å². The molecule has 0 fully saturated rings. The maximum Gasteiger partial charge on any atom is 0.256 e. The number of amides is 1. The van der Waals surface area contributed by atoms with Crippen molar-refractivity contribution in [1.29, 1.82) is 0 Å². The summed E-state index contributed by atoms with van der Waals surface area (Å²) in [5.74, 6) is -0.192. The van der Waals surface area contributed by atoms with Gasteiger partial charge in [-0.1, -0.05) is 63.9 Å². The molecule has 0 aliphatic rings. The molecule has 0 bridgehead atoms. The Hall–Kier alpha value is -2.69. The summed E-state index contributed by atoms with van der Waals surface area (Å²) in [6.07, 6.45) is 0. The third-order valence-corrected chi connectivity index (χ3v) is 5.28. The maximum atomic E-state index is 13.3. The summed E-state index contributed by atoms with van der Waals surface area (Å²) in [5.41, 5.74) is 4.62. The fraction of sp³-hybridized carbons (Fsp3) is 0.0435. The highest BCUT2D eigenvalue weighted by Crippen LogP contribution is 2.32. The fourth-order valence-corrected chi connectivity index (χ4v) is 3.81. The second-order valence-electron chi connectivity index (χ2n) is 6.45. The summed E-state index contributed by atoms with van der Waals surface area (Å²) in [5, 5.41) is 4.33. The Kier molecular flexibility index (Phi) is 5.16. The summed E-state index contributed by atoms with van der Waals surface area (Å²) in [4.78, 5) is 18.1. The van der Waals surface area contributed by atoms with Crippen molar-refractivity contribution >= 4 is 50.0 Å². The molecule has 4 rings (SSSR count). The first-order chi connectivity index (χ1) is 13.5. The molecule has 1 N–H and O–H groups in total. The second kappa shape index (κ2) is 7.74. The number of halogens is 2. The largest absolute Gasteiger partial charge is 0.322 e. The zero-order valence-electron chi connectivity index (χ0n) is 15.0. The van der Waals surface area contributed by atoms with Crippen molar-refractivity contribution in [3.05, 3.63) is 93.4 Å². The number of carbonyl (C=O) groups excluding carboxylic acids is 1. The van der Waals surface area contributed by atoms with E-state index in [2.05, 4.69) is 21.2 Å². The van der Waals surface area contributed by atoms with Crippen LogP contribution in [0.5, 0.6) is 0 Å². The summed E-state index contributed by atoms with van der Waals surface area (Å²) in [6, 6.07) is 22.8. The van der Waals surface area contributed by atoms with Crippen molar-refractivity contribution in [3.8, 4) is 11.3 Å². The molecule has 0 saturated heterocycles. The molecule has 0 saturated carbocycles. The van der Waals surface area contributed by atoms with E-state index in [9.17, 15) is 4.79 Å². The van der Waals surface area contributed by atoms with Crippen molar-refractivity contribution in [3.63, 3.8) is 0 Å². The number of carbonyl (C=O) groups is 1. The van der Waals surface area contributed by atoms with E-state index in [0.29, 0.717) is 16.3 Å². The minimum atomic E-state index is -0.192. The molecule has 0 unspecified atom stereocenters. The zero-order valence-corrected chi connectivity index (χ0v) is 17.4.